The van der Waals surface area contributed by atoms with Gasteiger partial charge in [0.05, 0.1) is 29.4 Å². The number of hydrogen-bond donors (Lipinski definition) is 2. The van der Waals surface area contributed by atoms with E-state index in [-0.39, 0.29) is 27.0 Å². The molecule has 0 saturated heterocycles. The highest BCUT2D eigenvalue weighted by molar-refractivity contribution is 8.01. The van der Waals surface area contributed by atoms with Gasteiger partial charge in [0.25, 0.3) is 5.91 Å². The molecule has 30 heavy (non-hydrogen) atoms. The fraction of sp³-hybridized carbons (Fsp3) is 0.263. The van der Waals surface area contributed by atoms with Gasteiger partial charge in [0.2, 0.25) is 5.13 Å². The summed E-state index contributed by atoms with van der Waals surface area (Å²) in [6, 6.07) is 4.52. The van der Waals surface area contributed by atoms with E-state index in [0.717, 1.165) is 0 Å². The van der Waals surface area contributed by atoms with Crippen LogP contribution in [0.15, 0.2) is 28.7 Å². The second-order valence-electron chi connectivity index (χ2n) is 6.30. The van der Waals surface area contributed by atoms with Gasteiger partial charge in [-0.2, -0.15) is 0 Å². The van der Waals surface area contributed by atoms with Crippen LogP contribution in [0.4, 0.5) is 9.52 Å². The summed E-state index contributed by atoms with van der Waals surface area (Å²) in [4.78, 5) is 17.1. The van der Waals surface area contributed by atoms with Crippen LogP contribution in [0.1, 0.15) is 23.0 Å². The maximum absolute atomic E-state index is 14.9. The molecule has 3 rings (SSSR count). The first kappa shape index (κ1) is 22.4. The summed E-state index contributed by atoms with van der Waals surface area (Å²) in [5.41, 5.74) is 1.10. The van der Waals surface area contributed by atoms with Crippen LogP contribution in [0.3, 0.4) is 0 Å². The number of anilines is 1. The number of carbonyl (C=O) groups is 1. The lowest BCUT2D eigenvalue weighted by Crippen LogP contribution is -2.14. The Balaban J connectivity index is 1.95. The van der Waals surface area contributed by atoms with E-state index in [9.17, 15) is 14.3 Å². The first-order valence-electron chi connectivity index (χ1n) is 8.75. The van der Waals surface area contributed by atoms with Crippen molar-refractivity contribution >= 4 is 45.7 Å². The molecule has 0 saturated carbocycles. The lowest BCUT2D eigenvalue weighted by Gasteiger charge is -2.14. The minimum atomic E-state index is -0.691. The van der Waals surface area contributed by atoms with Crippen molar-refractivity contribution in [3.63, 3.8) is 0 Å². The van der Waals surface area contributed by atoms with Gasteiger partial charge in [-0.25, -0.2) is 4.39 Å². The summed E-state index contributed by atoms with van der Waals surface area (Å²) in [7, 11) is 1.41. The van der Waals surface area contributed by atoms with Crippen molar-refractivity contribution in [2.45, 2.75) is 24.3 Å². The van der Waals surface area contributed by atoms with Gasteiger partial charge in [0, 0.05) is 23.2 Å². The second kappa shape index (κ2) is 9.69. The Labute approximate surface area is 185 Å². The summed E-state index contributed by atoms with van der Waals surface area (Å²) >= 11 is 8.47. The molecule has 2 aromatic heterocycles. The number of rotatable bonds is 7. The molecule has 1 amide bonds. The van der Waals surface area contributed by atoms with Crippen LogP contribution in [0, 0.1) is 12.7 Å². The van der Waals surface area contributed by atoms with Gasteiger partial charge in [-0.15, -0.1) is 10.2 Å². The van der Waals surface area contributed by atoms with Gasteiger partial charge in [-0.3, -0.25) is 15.1 Å². The molecule has 1 atom stereocenters. The van der Waals surface area contributed by atoms with E-state index in [4.69, 9.17) is 16.3 Å². The number of hydrogen-bond acceptors (Lipinski definition) is 8. The Hall–Kier alpha value is -2.27. The normalized spacial score (nSPS) is 11.9. The maximum Gasteiger partial charge on any atom is 0.259 e. The molecule has 7 nitrogen and oxygen atoms in total. The van der Waals surface area contributed by atoms with Crippen LogP contribution < -0.4 is 10.1 Å². The largest absolute Gasteiger partial charge is 0.496 e. The van der Waals surface area contributed by atoms with E-state index >= 15 is 0 Å². The third-order valence-electron chi connectivity index (χ3n) is 3.91. The molecule has 2 N–H and O–H groups in total. The number of nitrogens with one attached hydrogen (secondary N) is 1. The molecule has 3 aromatic rings. The summed E-state index contributed by atoms with van der Waals surface area (Å²) in [6.07, 6.45) is 0.880. The third-order valence-corrected chi connectivity index (χ3v) is 6.41. The molecule has 0 aliphatic heterocycles. The van der Waals surface area contributed by atoms with Gasteiger partial charge in [-0.05, 0) is 32.0 Å². The van der Waals surface area contributed by atoms with Crippen molar-refractivity contribution in [3.8, 4) is 16.9 Å². The average Bonchev–Trinajstić information content (AvgIpc) is 3.15. The average molecular weight is 469 g/mol. The molecule has 0 aliphatic rings. The fourth-order valence-corrected chi connectivity index (χ4v) is 4.37. The zero-order chi connectivity index (χ0) is 21.8. The molecule has 158 valence electrons. The predicted molar refractivity (Wildman–Crippen MR) is 116 cm³/mol. The van der Waals surface area contributed by atoms with Crippen LogP contribution in [0.5, 0.6) is 5.75 Å². The highest BCUT2D eigenvalue weighted by Gasteiger charge is 2.23. The van der Waals surface area contributed by atoms with Gasteiger partial charge in [0.15, 0.2) is 10.2 Å². The summed E-state index contributed by atoms with van der Waals surface area (Å²) in [5, 5.41) is 20.1. The van der Waals surface area contributed by atoms with Crippen LogP contribution in [0.2, 0.25) is 5.02 Å². The lowest BCUT2D eigenvalue weighted by atomic mass is 9.98. The SMILES string of the molecule is COc1ccc(Cl)c(F)c1-c1cc(C)ncc1C(=O)Nc1nnc(SC[C@@H](C)O)s1. The highest BCUT2D eigenvalue weighted by atomic mass is 35.5. The molecule has 0 bridgehead atoms. The van der Waals surface area contributed by atoms with E-state index in [2.05, 4.69) is 20.5 Å². The number of thioether (sulfide) groups is 1. The number of amides is 1. The molecule has 2 heterocycles. The minimum absolute atomic E-state index is 0.0751. The Morgan fingerprint density at radius 2 is 2.20 bits per heavy atom. The number of carbonyl (C=O) groups excluding carboxylic acids is 1. The van der Waals surface area contributed by atoms with Crippen molar-refractivity contribution in [2.75, 3.05) is 18.2 Å². The van der Waals surface area contributed by atoms with E-state index in [0.29, 0.717) is 21.3 Å². The molecule has 11 heteroatoms. The van der Waals surface area contributed by atoms with Crippen molar-refractivity contribution < 1.29 is 19.0 Å². The number of benzene rings is 1. The summed E-state index contributed by atoms with van der Waals surface area (Å²) in [6.45, 7) is 3.41. The zero-order valence-corrected chi connectivity index (χ0v) is 18.7. The Kier molecular flexibility index (Phi) is 7.24. The minimum Gasteiger partial charge on any atom is -0.496 e. The molecular formula is C19H18ClFN4O3S2. The van der Waals surface area contributed by atoms with Gasteiger partial charge in [0.1, 0.15) is 5.75 Å². The summed E-state index contributed by atoms with van der Waals surface area (Å²) < 4.78 is 20.8. The fourth-order valence-electron chi connectivity index (χ4n) is 2.58. The lowest BCUT2D eigenvalue weighted by molar-refractivity contribution is 0.102. The first-order valence-corrected chi connectivity index (χ1v) is 10.9. The predicted octanol–water partition coefficient (Wildman–Crippen LogP) is 4.43. The van der Waals surface area contributed by atoms with Crippen LogP contribution in [-0.2, 0) is 0 Å². The topological polar surface area (TPSA) is 97.2 Å². The number of aliphatic hydroxyl groups is 1. The van der Waals surface area contributed by atoms with E-state index in [1.165, 1.54) is 48.5 Å². The number of aromatic nitrogens is 3. The maximum atomic E-state index is 14.9. The molecule has 0 radical (unpaired) electrons. The summed E-state index contributed by atoms with van der Waals surface area (Å²) in [5.74, 6) is -0.516. The number of methoxy groups -OCH3 is 1. The molecule has 0 spiro atoms. The smallest absolute Gasteiger partial charge is 0.259 e. The standard InChI is InChI=1S/C19H18ClFN4O3S2/c1-9-6-11(15-14(28-3)5-4-13(20)16(15)21)12(7-22-9)17(27)23-18-24-25-19(30-18)29-8-10(2)26/h4-7,10,26H,8H2,1-3H3,(H,23,24,27)/t10-/m1/s1. The molecule has 0 fully saturated rings. The van der Waals surface area contributed by atoms with Crippen molar-refractivity contribution in [3.05, 3.63) is 46.5 Å². The van der Waals surface area contributed by atoms with Gasteiger partial charge >= 0.3 is 0 Å². The number of aliphatic hydroxyl groups excluding tert-OH is 1. The number of ether oxygens (including phenoxy) is 1. The van der Waals surface area contributed by atoms with Crippen molar-refractivity contribution in [1.29, 1.82) is 0 Å². The molecule has 0 aliphatic carbocycles. The number of nitrogens with zero attached hydrogens (tertiary/aromatic N) is 3. The quantitative estimate of drug-likeness (QED) is 0.391. The number of halogens is 2. The van der Waals surface area contributed by atoms with Crippen LogP contribution >= 0.6 is 34.7 Å². The highest BCUT2D eigenvalue weighted by Crippen LogP contribution is 2.38. The zero-order valence-electron chi connectivity index (χ0n) is 16.3. The third kappa shape index (κ3) is 5.07. The number of pyridine rings is 1. The molecule has 0 unspecified atom stereocenters. The van der Waals surface area contributed by atoms with Gasteiger partial charge in [-0.1, -0.05) is 34.7 Å². The van der Waals surface area contributed by atoms with E-state index in [1.54, 1.807) is 19.9 Å². The van der Waals surface area contributed by atoms with Crippen LogP contribution in [0.25, 0.3) is 11.1 Å². The molecule has 1 aromatic carbocycles. The van der Waals surface area contributed by atoms with Crippen LogP contribution in [-0.4, -0.2) is 45.2 Å². The van der Waals surface area contributed by atoms with E-state index in [1.807, 2.05) is 0 Å². The number of aryl methyl sites for hydroxylation is 1. The Bertz CT molecular complexity index is 1080. The van der Waals surface area contributed by atoms with Crippen molar-refractivity contribution in [1.82, 2.24) is 15.2 Å². The van der Waals surface area contributed by atoms with E-state index < -0.39 is 17.8 Å². The van der Waals surface area contributed by atoms with Gasteiger partial charge < -0.3 is 9.84 Å². The van der Waals surface area contributed by atoms with Crippen molar-refractivity contribution in [2.24, 2.45) is 0 Å². The molecular weight excluding hydrogens is 451 g/mol. The monoisotopic (exact) mass is 468 g/mol. The Morgan fingerprint density at radius 3 is 2.90 bits per heavy atom. The second-order valence-corrected chi connectivity index (χ2v) is 8.95. The first-order chi connectivity index (χ1) is 14.3. The Morgan fingerprint density at radius 1 is 1.43 bits per heavy atom.